The van der Waals surface area contributed by atoms with Gasteiger partial charge in [-0.3, -0.25) is 14.3 Å². The van der Waals surface area contributed by atoms with Crippen molar-refractivity contribution < 1.29 is 55.9 Å². The molecular weight excluding hydrogens is 1130 g/mol. The van der Waals surface area contributed by atoms with Crippen LogP contribution in [0.2, 0.25) is 20.1 Å². The molecule has 1 fully saturated rings. The van der Waals surface area contributed by atoms with Gasteiger partial charge in [-0.15, -0.1) is 11.6 Å². The fourth-order valence-corrected chi connectivity index (χ4v) is 9.08. The number of methoxy groups -OCH3 is 1. The molecule has 76 heavy (non-hydrogen) atoms. The molecule has 1 saturated carbocycles. The zero-order chi connectivity index (χ0) is 56.1. The third-order valence-electron chi connectivity index (χ3n) is 11.6. The summed E-state index contributed by atoms with van der Waals surface area (Å²) in [6, 6.07) is 21.5. The topological polar surface area (TPSA) is 171 Å². The molecule has 2 aromatic heterocycles. The SMILES string of the molecule is CO/N=C(/C(=O)OC)c1ccccc1CO/N=C(\C)c1cccc(C(F)(F)F)c1.CON(C(=O)c1cn(C)nc1C(F)F)C(C)Cc1c(Cl)cc(Cl)cc1Cl.OC(Cc1ccccc1Cl)(Cn1nc[nH]c1=S)C1(Cl)CC1. The third-order valence-corrected chi connectivity index (χ3v) is 13.9. The Hall–Kier alpha value is -5.65. The summed E-state index contributed by atoms with van der Waals surface area (Å²) >= 11 is 36.1. The van der Waals surface area contributed by atoms with E-state index in [-0.39, 0.29) is 42.1 Å². The van der Waals surface area contributed by atoms with E-state index in [1.807, 2.05) is 24.3 Å². The first-order valence-electron chi connectivity index (χ1n) is 22.6. The highest BCUT2D eigenvalue weighted by Gasteiger charge is 2.58. The van der Waals surface area contributed by atoms with E-state index in [0.29, 0.717) is 48.0 Å². The molecule has 15 nitrogen and oxygen atoms in total. The van der Waals surface area contributed by atoms with Gasteiger partial charge in [-0.25, -0.2) is 23.3 Å². The molecule has 6 aromatic rings. The van der Waals surface area contributed by atoms with Crippen LogP contribution in [-0.2, 0) is 63.3 Å². The monoisotopic (exact) mass is 1180 g/mol. The van der Waals surface area contributed by atoms with Gasteiger partial charge in [0.2, 0.25) is 0 Å². The number of aliphatic hydroxyl groups is 1. The van der Waals surface area contributed by atoms with Gasteiger partial charge in [0.25, 0.3) is 12.3 Å². The number of aryl methyl sites for hydroxylation is 1. The van der Waals surface area contributed by atoms with Gasteiger partial charge in [0.15, 0.2) is 10.5 Å². The summed E-state index contributed by atoms with van der Waals surface area (Å²) in [5.74, 6) is -1.42. The van der Waals surface area contributed by atoms with Gasteiger partial charge >= 0.3 is 12.1 Å². The zero-order valence-electron chi connectivity index (χ0n) is 41.4. The molecule has 4 aromatic carbocycles. The predicted molar refractivity (Wildman–Crippen MR) is 282 cm³/mol. The fourth-order valence-electron chi connectivity index (χ4n) is 7.52. The van der Waals surface area contributed by atoms with Gasteiger partial charge in [-0.2, -0.15) is 23.4 Å². The number of carbonyl (C=O) groups excluding carboxylic acids is 2. The molecule has 2 atom stereocenters. The second kappa shape index (κ2) is 27.1. The molecule has 2 heterocycles. The minimum atomic E-state index is -4.44. The average molecular weight is 1180 g/mol. The Morgan fingerprint density at radius 2 is 1.57 bits per heavy atom. The van der Waals surface area contributed by atoms with Crippen molar-refractivity contribution in [2.75, 3.05) is 21.3 Å². The minimum absolute atomic E-state index is 0.0484. The van der Waals surface area contributed by atoms with E-state index < -0.39 is 52.3 Å². The Bertz CT molecular complexity index is 3080. The number of alkyl halides is 6. The van der Waals surface area contributed by atoms with Crippen molar-refractivity contribution >= 4 is 93.5 Å². The summed E-state index contributed by atoms with van der Waals surface area (Å²) in [4.78, 5) is 42.0. The number of nitrogens with zero attached hydrogens (tertiary/aromatic N) is 7. The van der Waals surface area contributed by atoms with Crippen LogP contribution in [0.25, 0.3) is 0 Å². The van der Waals surface area contributed by atoms with E-state index in [1.54, 1.807) is 35.9 Å². The number of halogens is 10. The normalized spacial score (nSPS) is 14.3. The van der Waals surface area contributed by atoms with Crippen LogP contribution < -0.4 is 0 Å². The number of carbonyl (C=O) groups is 2. The lowest BCUT2D eigenvalue weighted by atomic mass is 9.89. The molecule has 0 radical (unpaired) electrons. The molecule has 26 heteroatoms. The van der Waals surface area contributed by atoms with E-state index in [0.717, 1.165) is 40.3 Å². The summed E-state index contributed by atoms with van der Waals surface area (Å²) in [5, 5.41) is 29.2. The molecule has 0 spiro atoms. The molecule has 1 amide bonds. The molecule has 0 saturated heterocycles. The van der Waals surface area contributed by atoms with Crippen LogP contribution in [0.1, 0.15) is 82.5 Å². The number of esters is 1. The van der Waals surface area contributed by atoms with Crippen LogP contribution in [0.15, 0.2) is 108 Å². The largest absolute Gasteiger partial charge is 0.464 e. The summed E-state index contributed by atoms with van der Waals surface area (Å²) < 4.78 is 72.7. The number of nitrogens with one attached hydrogen (secondary N) is 1. The minimum Gasteiger partial charge on any atom is -0.464 e. The maximum Gasteiger partial charge on any atom is 0.416 e. The van der Waals surface area contributed by atoms with Gasteiger partial charge in [-0.05, 0) is 92.4 Å². The van der Waals surface area contributed by atoms with E-state index in [2.05, 4.69) is 25.5 Å². The maximum absolute atomic E-state index is 13.1. The average Bonchev–Trinajstić information content (AvgIpc) is 3.84. The lowest BCUT2D eigenvalue weighted by Gasteiger charge is -2.33. The second-order valence-electron chi connectivity index (χ2n) is 16.9. The van der Waals surface area contributed by atoms with E-state index >= 15 is 0 Å². The number of hydrogen-bond acceptors (Lipinski definition) is 12. The summed E-state index contributed by atoms with van der Waals surface area (Å²) in [5.41, 5.74) is 0.183. The molecule has 0 aliphatic heterocycles. The smallest absolute Gasteiger partial charge is 0.416 e. The van der Waals surface area contributed by atoms with Gasteiger partial charge in [0.05, 0.1) is 48.5 Å². The molecule has 1 aliphatic carbocycles. The molecular formula is C50H50Cl5F5N8O7S. The van der Waals surface area contributed by atoms with Crippen LogP contribution in [0.4, 0.5) is 22.0 Å². The van der Waals surface area contributed by atoms with Crippen LogP contribution in [0.5, 0.6) is 0 Å². The van der Waals surface area contributed by atoms with Crippen molar-refractivity contribution in [2.24, 2.45) is 17.4 Å². The van der Waals surface area contributed by atoms with Crippen molar-refractivity contribution in [1.29, 1.82) is 0 Å². The molecule has 0 bridgehead atoms. The van der Waals surface area contributed by atoms with E-state index in [4.69, 9.17) is 89.5 Å². The molecule has 1 aliphatic rings. The number of H-pyrrole nitrogens is 1. The van der Waals surface area contributed by atoms with Gasteiger partial charge < -0.3 is 24.5 Å². The quantitative estimate of drug-likeness (QED) is 0.0211. The lowest BCUT2D eigenvalue weighted by Crippen LogP contribution is -2.47. The van der Waals surface area contributed by atoms with Crippen LogP contribution >= 0.6 is 70.2 Å². The number of hydroxylamine groups is 2. The van der Waals surface area contributed by atoms with E-state index in [1.165, 1.54) is 72.1 Å². The number of oxime groups is 2. The maximum atomic E-state index is 13.1. The third kappa shape index (κ3) is 16.0. The fraction of sp³-hybridized carbons (Fsp3) is 0.340. The van der Waals surface area contributed by atoms with Gasteiger partial charge in [0, 0.05) is 50.9 Å². The van der Waals surface area contributed by atoms with Crippen LogP contribution in [0, 0.1) is 4.77 Å². The number of aromatic amines is 1. The molecule has 408 valence electrons. The number of hydrogen-bond donors (Lipinski definition) is 2. The number of ether oxygens (including phenoxy) is 1. The number of aromatic nitrogens is 5. The Balaban J connectivity index is 0.000000213. The highest BCUT2D eigenvalue weighted by atomic mass is 35.5. The summed E-state index contributed by atoms with van der Waals surface area (Å²) in [6.45, 7) is 3.41. The van der Waals surface area contributed by atoms with Crippen LogP contribution in [-0.4, -0.2) is 95.9 Å². The summed E-state index contributed by atoms with van der Waals surface area (Å²) in [6.07, 6.45) is -2.45. The highest BCUT2D eigenvalue weighted by molar-refractivity contribution is 7.71. The van der Waals surface area contributed by atoms with Crippen molar-refractivity contribution in [3.05, 3.63) is 167 Å². The Labute approximate surface area is 464 Å². The van der Waals surface area contributed by atoms with Crippen molar-refractivity contribution in [3.63, 3.8) is 0 Å². The number of amides is 1. The van der Waals surface area contributed by atoms with Crippen molar-refractivity contribution in [3.8, 4) is 0 Å². The first-order valence-corrected chi connectivity index (χ1v) is 24.9. The summed E-state index contributed by atoms with van der Waals surface area (Å²) in [7, 11) is 5.24. The molecule has 7 rings (SSSR count). The van der Waals surface area contributed by atoms with Gasteiger partial charge in [0.1, 0.15) is 31.3 Å². The Morgan fingerprint density at radius 3 is 2.13 bits per heavy atom. The Morgan fingerprint density at radius 1 is 0.921 bits per heavy atom. The molecule has 2 unspecified atom stereocenters. The van der Waals surface area contributed by atoms with Crippen molar-refractivity contribution in [1.82, 2.24) is 29.6 Å². The highest BCUT2D eigenvalue weighted by Crippen LogP contribution is 2.53. The standard InChI is InChI=1S/C20H19F3N2O4.C16H16Cl3F2N3O2.C14H15Cl2N3OS/c1-13(14-8-6-9-16(11-14)20(21,22)23)24-29-12-15-7-4-5-10-17(15)18(25-28-3)19(26)27-2;1-8(4-10-12(18)5-9(17)6-13(10)19)24(26-3)16(25)11-7-23(2)22-14(11)15(20)21;15-11-4-2-1-3-10(11)7-14(20,13(16)5-6-13)8-19-12(21)17-9-18-19/h4-11H,12H2,1-3H3;5-8,15H,4H2,1-3H3;1-4,9,20H,5-8H2,(H,17,18,21)/b24-13+,25-18+;;. The number of rotatable bonds is 18. The van der Waals surface area contributed by atoms with E-state index in [9.17, 15) is 36.6 Å². The second-order valence-corrected chi connectivity index (χ2v) is 19.7. The number of benzene rings is 4. The van der Waals surface area contributed by atoms with Crippen molar-refractivity contribution in [2.45, 2.75) is 81.8 Å². The predicted octanol–water partition coefficient (Wildman–Crippen LogP) is 12.5. The lowest BCUT2D eigenvalue weighted by molar-refractivity contribution is -0.137. The zero-order valence-corrected chi connectivity index (χ0v) is 45.9. The van der Waals surface area contributed by atoms with Gasteiger partial charge in [-0.1, -0.05) is 111 Å². The van der Waals surface area contributed by atoms with Crippen LogP contribution in [0.3, 0.4) is 0 Å². The first-order chi connectivity index (χ1) is 35.9. The molecule has 2 N–H and O–H groups in total. The first kappa shape index (κ1) is 61.2. The Kier molecular flexibility index (Phi) is 21.8.